The minimum absolute atomic E-state index is 0.138. The van der Waals surface area contributed by atoms with E-state index in [0.717, 1.165) is 25.1 Å². The third kappa shape index (κ3) is 2.38. The smallest absolute Gasteiger partial charge is 0.330 e. The number of esters is 2. The lowest BCUT2D eigenvalue weighted by Crippen LogP contribution is -2.59. The van der Waals surface area contributed by atoms with Gasteiger partial charge in [-0.05, 0) is 29.9 Å². The van der Waals surface area contributed by atoms with Gasteiger partial charge in [0.2, 0.25) is 0 Å². The highest BCUT2D eigenvalue weighted by atomic mass is 16.5. The zero-order chi connectivity index (χ0) is 19.4. The fraction of sp³-hybridized carbons (Fsp3) is 0.700. The maximum atomic E-state index is 12.8. The van der Waals surface area contributed by atoms with Gasteiger partial charge < -0.3 is 18.9 Å². The summed E-state index contributed by atoms with van der Waals surface area (Å²) in [7, 11) is 6.13. The first-order chi connectivity index (χ1) is 13.0. The molecule has 5 atom stereocenters. The summed E-state index contributed by atoms with van der Waals surface area (Å²) in [6, 6.07) is 0. The van der Waals surface area contributed by atoms with E-state index < -0.39 is 16.9 Å². The molecule has 2 aliphatic heterocycles. The first kappa shape index (κ1) is 18.7. The summed E-state index contributed by atoms with van der Waals surface area (Å²) in [5, 5.41) is 0. The van der Waals surface area contributed by atoms with Gasteiger partial charge >= 0.3 is 11.9 Å². The van der Waals surface area contributed by atoms with Crippen molar-refractivity contribution in [2.45, 2.75) is 37.0 Å². The Morgan fingerprint density at radius 3 is 2.56 bits per heavy atom. The number of piperidine rings is 1. The maximum Gasteiger partial charge on any atom is 0.330 e. The van der Waals surface area contributed by atoms with Gasteiger partial charge in [0.1, 0.15) is 6.10 Å². The number of nitrogens with zero attached hydrogens (tertiary/aromatic N) is 1. The summed E-state index contributed by atoms with van der Waals surface area (Å²) in [4.78, 5) is 27.5. The number of ether oxygens (including phenoxy) is 4. The summed E-state index contributed by atoms with van der Waals surface area (Å²) in [5.41, 5.74) is 0.767. The Bertz CT molecular complexity index is 730. The minimum Gasteiger partial charge on any atom is -0.468 e. The molecule has 27 heavy (non-hydrogen) atoms. The zero-order valence-corrected chi connectivity index (χ0v) is 16.3. The van der Waals surface area contributed by atoms with E-state index in [4.69, 9.17) is 18.9 Å². The average molecular weight is 377 g/mol. The second-order valence-electron chi connectivity index (χ2n) is 7.87. The number of hydrogen-bond acceptors (Lipinski definition) is 7. The van der Waals surface area contributed by atoms with Gasteiger partial charge in [-0.1, -0.05) is 6.08 Å². The molecule has 0 aromatic heterocycles. The maximum absolute atomic E-state index is 12.8. The van der Waals surface area contributed by atoms with Crippen LogP contribution >= 0.6 is 0 Å². The van der Waals surface area contributed by atoms with Crippen LogP contribution in [-0.2, 0) is 28.5 Å². The summed E-state index contributed by atoms with van der Waals surface area (Å²) in [5.74, 6) is -0.526. The molecular formula is C20H27NO6. The third-order valence-electron chi connectivity index (χ3n) is 7.01. The van der Waals surface area contributed by atoms with Crippen molar-refractivity contribution in [2.75, 3.05) is 41.5 Å². The molecule has 2 heterocycles. The van der Waals surface area contributed by atoms with Crippen LogP contribution < -0.4 is 0 Å². The largest absolute Gasteiger partial charge is 0.468 e. The number of carbonyl (C=O) groups is 2. The molecule has 4 aliphatic rings. The van der Waals surface area contributed by atoms with Gasteiger partial charge in [0.25, 0.3) is 0 Å². The summed E-state index contributed by atoms with van der Waals surface area (Å²) in [6.45, 7) is 1.71. The Kier molecular flexibility index (Phi) is 4.44. The fourth-order valence-corrected chi connectivity index (χ4v) is 5.67. The van der Waals surface area contributed by atoms with Crippen LogP contribution in [0.4, 0.5) is 0 Å². The summed E-state index contributed by atoms with van der Waals surface area (Å²) in [6.07, 6.45) is 5.59. The van der Waals surface area contributed by atoms with Gasteiger partial charge in [-0.15, -0.1) is 0 Å². The van der Waals surface area contributed by atoms with Crippen molar-refractivity contribution >= 4 is 11.9 Å². The molecule has 1 spiro atoms. The van der Waals surface area contributed by atoms with Crippen molar-refractivity contribution < 1.29 is 28.5 Å². The molecular weight excluding hydrogens is 350 g/mol. The van der Waals surface area contributed by atoms with Crippen LogP contribution in [0.25, 0.3) is 0 Å². The Hall–Kier alpha value is -1.70. The predicted octanol–water partition coefficient (Wildman–Crippen LogP) is 1.08. The highest BCUT2D eigenvalue weighted by Crippen LogP contribution is 2.69. The monoisotopic (exact) mass is 377 g/mol. The molecule has 4 rings (SSSR count). The standard InChI is InChI=1S/C20H27NO6/c1-24-14-7-12-5-6-21-11-13-9-19(13,18(23)27-4)16(8-17(22)26-3)20(12,21)10-15(14)25-2/h7-8,13-15H,5-6,9-11H2,1-4H3. The van der Waals surface area contributed by atoms with Gasteiger partial charge in [0, 0.05) is 39.8 Å². The third-order valence-corrected chi connectivity index (χ3v) is 7.01. The van der Waals surface area contributed by atoms with Gasteiger partial charge in [-0.25, -0.2) is 4.79 Å². The molecule has 7 heteroatoms. The quantitative estimate of drug-likeness (QED) is 0.412. The molecule has 148 valence electrons. The number of methoxy groups -OCH3 is 4. The van der Waals surface area contributed by atoms with Crippen molar-refractivity contribution in [3.63, 3.8) is 0 Å². The lowest BCUT2D eigenvalue weighted by Gasteiger charge is -2.51. The normalized spacial score (nSPS) is 41.3. The van der Waals surface area contributed by atoms with E-state index in [1.54, 1.807) is 14.2 Å². The lowest BCUT2D eigenvalue weighted by atomic mass is 9.66. The van der Waals surface area contributed by atoms with E-state index in [1.165, 1.54) is 25.9 Å². The van der Waals surface area contributed by atoms with Crippen LogP contribution in [-0.4, -0.2) is 76.1 Å². The molecule has 0 radical (unpaired) electrons. The molecule has 2 aliphatic carbocycles. The Labute approximate surface area is 159 Å². The van der Waals surface area contributed by atoms with Gasteiger partial charge in [-0.3, -0.25) is 9.69 Å². The van der Waals surface area contributed by atoms with Crippen LogP contribution in [0.3, 0.4) is 0 Å². The van der Waals surface area contributed by atoms with Crippen molar-refractivity contribution in [1.82, 2.24) is 4.90 Å². The molecule has 0 aromatic rings. The van der Waals surface area contributed by atoms with Gasteiger partial charge in [0.15, 0.2) is 0 Å². The molecule has 5 unspecified atom stereocenters. The summed E-state index contributed by atoms with van der Waals surface area (Å²) < 4.78 is 21.5. The van der Waals surface area contributed by atoms with E-state index in [1.807, 2.05) is 0 Å². The Balaban J connectivity index is 1.89. The van der Waals surface area contributed by atoms with Crippen molar-refractivity contribution in [2.24, 2.45) is 11.3 Å². The average Bonchev–Trinajstić information content (AvgIpc) is 3.32. The molecule has 3 fully saturated rings. The van der Waals surface area contributed by atoms with E-state index in [2.05, 4.69) is 11.0 Å². The van der Waals surface area contributed by atoms with Crippen LogP contribution in [0.5, 0.6) is 0 Å². The molecule has 1 saturated carbocycles. The lowest BCUT2D eigenvalue weighted by molar-refractivity contribution is -0.148. The van der Waals surface area contributed by atoms with Crippen molar-refractivity contribution in [1.29, 1.82) is 0 Å². The number of fused-ring (bicyclic) bond motifs is 1. The van der Waals surface area contributed by atoms with E-state index in [9.17, 15) is 9.59 Å². The Morgan fingerprint density at radius 1 is 1.15 bits per heavy atom. The SMILES string of the molecule is COC(=O)C=C1C2(C(=O)OC)CC2CN2CCC3=CC(OC)C(OC)CC312. The Morgan fingerprint density at radius 2 is 1.93 bits per heavy atom. The van der Waals surface area contributed by atoms with Crippen LogP contribution in [0, 0.1) is 11.3 Å². The highest BCUT2D eigenvalue weighted by Gasteiger charge is 2.73. The van der Waals surface area contributed by atoms with Crippen LogP contribution in [0.2, 0.25) is 0 Å². The highest BCUT2D eigenvalue weighted by molar-refractivity contribution is 5.91. The van der Waals surface area contributed by atoms with E-state index in [0.29, 0.717) is 12.8 Å². The van der Waals surface area contributed by atoms with Crippen molar-refractivity contribution in [3.8, 4) is 0 Å². The van der Waals surface area contributed by atoms with Crippen LogP contribution in [0.15, 0.2) is 23.3 Å². The van der Waals surface area contributed by atoms with Gasteiger partial charge in [0.05, 0.1) is 31.3 Å². The molecule has 0 amide bonds. The predicted molar refractivity (Wildman–Crippen MR) is 95.9 cm³/mol. The van der Waals surface area contributed by atoms with Crippen LogP contribution in [0.1, 0.15) is 19.3 Å². The molecule has 0 aromatic carbocycles. The fourth-order valence-electron chi connectivity index (χ4n) is 5.67. The number of carbonyl (C=O) groups excluding carboxylic acids is 2. The molecule has 0 bridgehead atoms. The first-order valence-electron chi connectivity index (χ1n) is 9.38. The minimum atomic E-state index is -0.735. The first-order valence-corrected chi connectivity index (χ1v) is 9.38. The second-order valence-corrected chi connectivity index (χ2v) is 7.87. The second kappa shape index (κ2) is 6.43. The number of rotatable bonds is 4. The molecule has 2 saturated heterocycles. The zero-order valence-electron chi connectivity index (χ0n) is 16.3. The van der Waals surface area contributed by atoms with Gasteiger partial charge in [-0.2, -0.15) is 0 Å². The topological polar surface area (TPSA) is 74.3 Å². The van der Waals surface area contributed by atoms with Crippen molar-refractivity contribution in [3.05, 3.63) is 23.3 Å². The van der Waals surface area contributed by atoms with E-state index in [-0.39, 0.29) is 24.1 Å². The molecule has 0 N–H and O–H groups in total. The summed E-state index contributed by atoms with van der Waals surface area (Å²) >= 11 is 0. The molecule has 7 nitrogen and oxygen atoms in total. The van der Waals surface area contributed by atoms with E-state index >= 15 is 0 Å². The number of hydrogen-bond donors (Lipinski definition) is 0.